The van der Waals surface area contributed by atoms with Crippen LogP contribution in [0.1, 0.15) is 17.2 Å². The van der Waals surface area contributed by atoms with E-state index in [2.05, 4.69) is 6.58 Å². The average molecular weight is 344 g/mol. The Kier molecular flexibility index (Phi) is 5.83. The lowest BCUT2D eigenvalue weighted by Crippen LogP contribution is -2.19. The molecule has 0 amide bonds. The molecule has 1 atom stereocenters. The zero-order chi connectivity index (χ0) is 17.5. The van der Waals surface area contributed by atoms with Crippen LogP contribution < -0.4 is 9.47 Å². The first-order valence-corrected chi connectivity index (χ1v) is 7.36. The van der Waals surface area contributed by atoms with Crippen molar-refractivity contribution in [3.05, 3.63) is 71.3 Å². The number of aliphatic carboxylic acids is 1. The van der Waals surface area contributed by atoms with E-state index < -0.39 is 12.1 Å². The van der Waals surface area contributed by atoms with Gasteiger partial charge in [0.15, 0.2) is 0 Å². The lowest BCUT2D eigenvalue weighted by molar-refractivity contribution is -0.145. The van der Waals surface area contributed by atoms with Crippen LogP contribution in [-0.2, 0) is 4.79 Å². The van der Waals surface area contributed by atoms with E-state index in [0.29, 0.717) is 11.3 Å². The molecule has 0 radical (unpaired) electrons. The second-order valence-corrected chi connectivity index (χ2v) is 5.13. The van der Waals surface area contributed by atoms with Gasteiger partial charge in [-0.2, -0.15) is 5.26 Å². The van der Waals surface area contributed by atoms with Gasteiger partial charge in [0.1, 0.15) is 24.2 Å². The van der Waals surface area contributed by atoms with Crippen LogP contribution in [0.25, 0.3) is 0 Å². The van der Waals surface area contributed by atoms with Crippen molar-refractivity contribution in [2.24, 2.45) is 0 Å². The van der Waals surface area contributed by atoms with Gasteiger partial charge < -0.3 is 14.6 Å². The van der Waals surface area contributed by atoms with E-state index >= 15 is 0 Å². The third kappa shape index (κ3) is 4.06. The molecule has 1 N–H and O–H groups in total. The molecule has 2 aromatic carbocycles. The lowest BCUT2D eigenvalue weighted by Gasteiger charge is -2.18. The minimum Gasteiger partial charge on any atom is -0.489 e. The van der Waals surface area contributed by atoms with Crippen molar-refractivity contribution in [3.63, 3.8) is 0 Å². The second kappa shape index (κ2) is 8.04. The summed E-state index contributed by atoms with van der Waals surface area (Å²) in [4.78, 5) is 11.6. The molecule has 0 aliphatic carbocycles. The molecule has 2 aromatic rings. The van der Waals surface area contributed by atoms with E-state index in [4.69, 9.17) is 21.1 Å². The molecule has 0 aliphatic heterocycles. The highest BCUT2D eigenvalue weighted by Crippen LogP contribution is 2.32. The molecule has 6 heteroatoms. The van der Waals surface area contributed by atoms with Crippen LogP contribution in [0.3, 0.4) is 0 Å². The molecule has 0 aromatic heterocycles. The van der Waals surface area contributed by atoms with Gasteiger partial charge in [0.05, 0.1) is 5.56 Å². The molecule has 0 bridgehead atoms. The molecular formula is C18H14ClNO4. The number of benzene rings is 2. The summed E-state index contributed by atoms with van der Waals surface area (Å²) in [7, 11) is 0. The quantitative estimate of drug-likeness (QED) is 0.769. The minimum atomic E-state index is -1.35. The topological polar surface area (TPSA) is 79.5 Å². The summed E-state index contributed by atoms with van der Waals surface area (Å²) in [6.45, 7) is 3.83. The highest BCUT2D eigenvalue weighted by atomic mass is 35.5. The van der Waals surface area contributed by atoms with Crippen LogP contribution in [-0.4, -0.2) is 17.7 Å². The predicted molar refractivity (Wildman–Crippen MR) is 89.3 cm³/mol. The highest BCUT2D eigenvalue weighted by Gasteiger charge is 2.25. The molecule has 0 saturated carbocycles. The Labute approximate surface area is 144 Å². The molecule has 2 rings (SSSR count). The molecule has 24 heavy (non-hydrogen) atoms. The SMILES string of the molecule is C=CCOc1ccc(C#N)c(OC(C(=O)O)c2ccccc2Cl)c1. The van der Waals surface area contributed by atoms with Crippen LogP contribution in [0.2, 0.25) is 5.02 Å². The number of rotatable bonds is 7. The van der Waals surface area contributed by atoms with E-state index in [1.165, 1.54) is 12.1 Å². The van der Waals surface area contributed by atoms with Crippen LogP contribution in [0.5, 0.6) is 11.5 Å². The fourth-order valence-electron chi connectivity index (χ4n) is 2.00. The molecular weight excluding hydrogens is 330 g/mol. The van der Waals surface area contributed by atoms with Crippen LogP contribution in [0, 0.1) is 11.3 Å². The standard InChI is InChI=1S/C18H14ClNO4/c1-2-9-23-13-8-7-12(11-20)16(10-13)24-17(18(21)22)14-5-3-4-6-15(14)19/h2-8,10,17H,1,9H2,(H,21,22). The summed E-state index contributed by atoms with van der Waals surface area (Å²) < 4.78 is 11.0. The second-order valence-electron chi connectivity index (χ2n) is 4.73. The molecule has 5 nitrogen and oxygen atoms in total. The number of nitrogens with zero attached hydrogens (tertiary/aromatic N) is 1. The normalized spacial score (nSPS) is 11.2. The van der Waals surface area contributed by atoms with E-state index in [0.717, 1.165) is 0 Å². The zero-order valence-corrected chi connectivity index (χ0v) is 13.4. The molecule has 0 heterocycles. The summed E-state index contributed by atoms with van der Waals surface area (Å²) in [6, 6.07) is 13.0. The lowest BCUT2D eigenvalue weighted by atomic mass is 10.1. The first kappa shape index (κ1) is 17.4. The van der Waals surface area contributed by atoms with Crippen LogP contribution >= 0.6 is 11.6 Å². The van der Waals surface area contributed by atoms with Crippen molar-refractivity contribution in [3.8, 4) is 17.6 Å². The van der Waals surface area contributed by atoms with Crippen molar-refractivity contribution < 1.29 is 19.4 Å². The van der Waals surface area contributed by atoms with Crippen molar-refractivity contribution in [2.75, 3.05) is 6.61 Å². The van der Waals surface area contributed by atoms with Gasteiger partial charge in [-0.1, -0.05) is 42.5 Å². The summed E-state index contributed by atoms with van der Waals surface area (Å²) in [6.07, 6.45) is 0.225. The Hall–Kier alpha value is -2.97. The third-order valence-electron chi connectivity index (χ3n) is 3.10. The zero-order valence-electron chi connectivity index (χ0n) is 12.6. The van der Waals surface area contributed by atoms with Crippen molar-refractivity contribution >= 4 is 17.6 Å². The minimum absolute atomic E-state index is 0.103. The molecule has 0 saturated heterocycles. The number of ether oxygens (including phenoxy) is 2. The fourth-order valence-corrected chi connectivity index (χ4v) is 2.23. The van der Waals surface area contributed by atoms with E-state index in [1.54, 1.807) is 36.4 Å². The Morgan fingerprint density at radius 3 is 2.75 bits per heavy atom. The van der Waals surface area contributed by atoms with Crippen LogP contribution in [0.15, 0.2) is 55.1 Å². The van der Waals surface area contributed by atoms with Crippen molar-refractivity contribution in [1.29, 1.82) is 5.26 Å². The third-order valence-corrected chi connectivity index (χ3v) is 3.44. The van der Waals surface area contributed by atoms with Gasteiger partial charge in [0, 0.05) is 16.7 Å². The summed E-state index contributed by atoms with van der Waals surface area (Å²) in [5.41, 5.74) is 0.493. The Morgan fingerprint density at radius 2 is 2.12 bits per heavy atom. The molecule has 0 fully saturated rings. The van der Waals surface area contributed by atoms with Gasteiger partial charge >= 0.3 is 5.97 Å². The monoisotopic (exact) mass is 343 g/mol. The predicted octanol–water partition coefficient (Wildman–Crippen LogP) is 3.98. The maximum Gasteiger partial charge on any atom is 0.349 e. The van der Waals surface area contributed by atoms with Gasteiger partial charge in [-0.25, -0.2) is 4.79 Å². The van der Waals surface area contributed by atoms with Gasteiger partial charge in [0.25, 0.3) is 0 Å². The maximum absolute atomic E-state index is 11.6. The van der Waals surface area contributed by atoms with E-state index in [-0.39, 0.29) is 22.9 Å². The van der Waals surface area contributed by atoms with E-state index in [1.807, 2.05) is 6.07 Å². The van der Waals surface area contributed by atoms with Crippen molar-refractivity contribution in [2.45, 2.75) is 6.10 Å². The average Bonchev–Trinajstić information content (AvgIpc) is 2.58. The Balaban J connectivity index is 2.39. The smallest absolute Gasteiger partial charge is 0.349 e. The number of hydrogen-bond acceptors (Lipinski definition) is 4. The highest BCUT2D eigenvalue weighted by molar-refractivity contribution is 6.31. The summed E-state index contributed by atoms with van der Waals surface area (Å²) >= 11 is 6.06. The first-order chi connectivity index (χ1) is 11.6. The number of carboxylic acids is 1. The molecule has 0 aliphatic rings. The molecule has 0 spiro atoms. The number of halogens is 1. The largest absolute Gasteiger partial charge is 0.489 e. The molecule has 122 valence electrons. The van der Waals surface area contributed by atoms with Gasteiger partial charge in [0.2, 0.25) is 6.10 Å². The van der Waals surface area contributed by atoms with Crippen molar-refractivity contribution in [1.82, 2.24) is 0 Å². The maximum atomic E-state index is 11.6. The van der Waals surface area contributed by atoms with Gasteiger partial charge in [-0.05, 0) is 18.2 Å². The fraction of sp³-hybridized carbons (Fsp3) is 0.111. The Morgan fingerprint density at radius 1 is 1.38 bits per heavy atom. The Bertz CT molecular complexity index is 798. The summed E-state index contributed by atoms with van der Waals surface area (Å²) in [5.74, 6) is -0.678. The van der Waals surface area contributed by atoms with Gasteiger partial charge in [-0.15, -0.1) is 0 Å². The first-order valence-electron chi connectivity index (χ1n) is 6.98. The number of carbonyl (C=O) groups is 1. The number of hydrogen-bond donors (Lipinski definition) is 1. The van der Waals surface area contributed by atoms with E-state index in [9.17, 15) is 15.2 Å². The number of nitriles is 1. The van der Waals surface area contributed by atoms with Crippen LogP contribution in [0.4, 0.5) is 0 Å². The molecule has 1 unspecified atom stereocenters. The summed E-state index contributed by atoms with van der Waals surface area (Å²) in [5, 5.41) is 18.9. The van der Waals surface area contributed by atoms with Gasteiger partial charge in [-0.3, -0.25) is 0 Å². The number of carboxylic acid groups (broad SMARTS) is 1.